The molecule has 4 rings (SSSR count). The zero-order chi connectivity index (χ0) is 16.7. The Hall–Kier alpha value is -2.57. The van der Waals surface area contributed by atoms with Gasteiger partial charge in [0.05, 0.1) is 0 Å². The second-order valence-corrected chi connectivity index (χ2v) is 6.33. The van der Waals surface area contributed by atoms with Crippen molar-refractivity contribution in [2.75, 3.05) is 0 Å². The lowest BCUT2D eigenvalue weighted by Crippen LogP contribution is -2.53. The third-order valence-corrected chi connectivity index (χ3v) is 4.58. The van der Waals surface area contributed by atoms with E-state index in [9.17, 15) is 4.79 Å². The SMILES string of the molecule is Cc1nnc2n1C[C@H](NC(=O)[C@H]1Oc3ccccc3O[C@@H]1C)CC2. The maximum absolute atomic E-state index is 12.7. The van der Waals surface area contributed by atoms with Crippen LogP contribution >= 0.6 is 0 Å². The van der Waals surface area contributed by atoms with Crippen molar-refractivity contribution in [1.29, 1.82) is 0 Å². The number of amides is 1. The molecule has 0 unspecified atom stereocenters. The van der Waals surface area contributed by atoms with Crippen LogP contribution in [0.25, 0.3) is 0 Å². The molecule has 1 amide bonds. The summed E-state index contributed by atoms with van der Waals surface area (Å²) < 4.78 is 13.7. The van der Waals surface area contributed by atoms with Crippen molar-refractivity contribution in [3.05, 3.63) is 35.9 Å². The molecule has 0 saturated carbocycles. The number of carbonyl (C=O) groups excluding carboxylic acids is 1. The van der Waals surface area contributed by atoms with Crippen molar-refractivity contribution in [3.8, 4) is 11.5 Å². The van der Waals surface area contributed by atoms with Crippen LogP contribution in [0.2, 0.25) is 0 Å². The van der Waals surface area contributed by atoms with Gasteiger partial charge in [0.2, 0.25) is 6.10 Å². The molecule has 0 saturated heterocycles. The van der Waals surface area contributed by atoms with E-state index < -0.39 is 6.10 Å². The van der Waals surface area contributed by atoms with Gasteiger partial charge in [-0.1, -0.05) is 12.1 Å². The molecule has 3 atom stereocenters. The van der Waals surface area contributed by atoms with Gasteiger partial charge in [-0.2, -0.15) is 0 Å². The van der Waals surface area contributed by atoms with Crippen molar-refractivity contribution in [2.24, 2.45) is 0 Å². The molecule has 0 fully saturated rings. The van der Waals surface area contributed by atoms with Gasteiger partial charge in [-0.3, -0.25) is 4.79 Å². The number of carbonyl (C=O) groups is 1. The van der Waals surface area contributed by atoms with Gasteiger partial charge in [-0.15, -0.1) is 10.2 Å². The molecule has 0 radical (unpaired) electrons. The zero-order valence-corrected chi connectivity index (χ0v) is 13.7. The van der Waals surface area contributed by atoms with Crippen molar-refractivity contribution in [3.63, 3.8) is 0 Å². The largest absolute Gasteiger partial charge is 0.482 e. The summed E-state index contributed by atoms with van der Waals surface area (Å²) in [5.41, 5.74) is 0. The Morgan fingerprint density at radius 3 is 2.79 bits per heavy atom. The molecule has 126 valence electrons. The van der Waals surface area contributed by atoms with Crippen LogP contribution in [0.1, 0.15) is 25.0 Å². The van der Waals surface area contributed by atoms with Crippen LogP contribution in [0.3, 0.4) is 0 Å². The predicted molar refractivity (Wildman–Crippen MR) is 86.0 cm³/mol. The first-order valence-electron chi connectivity index (χ1n) is 8.23. The normalized spacial score (nSPS) is 25.0. The van der Waals surface area contributed by atoms with Crippen LogP contribution in [0.4, 0.5) is 0 Å². The molecular formula is C17H20N4O3. The highest BCUT2D eigenvalue weighted by molar-refractivity contribution is 5.82. The van der Waals surface area contributed by atoms with E-state index in [4.69, 9.17) is 9.47 Å². The Morgan fingerprint density at radius 2 is 2.00 bits per heavy atom. The summed E-state index contributed by atoms with van der Waals surface area (Å²) in [6, 6.07) is 7.46. The number of hydrogen-bond acceptors (Lipinski definition) is 5. The number of rotatable bonds is 2. The molecule has 1 aromatic heterocycles. The minimum absolute atomic E-state index is 0.0488. The summed E-state index contributed by atoms with van der Waals surface area (Å²) in [7, 11) is 0. The van der Waals surface area contributed by atoms with Gasteiger partial charge in [0.15, 0.2) is 11.5 Å². The second-order valence-electron chi connectivity index (χ2n) is 6.33. The smallest absolute Gasteiger partial charge is 0.265 e. The third kappa shape index (κ3) is 2.60. The Balaban J connectivity index is 1.45. The van der Waals surface area contributed by atoms with E-state index in [2.05, 4.69) is 20.1 Å². The van der Waals surface area contributed by atoms with Crippen molar-refractivity contribution < 1.29 is 14.3 Å². The van der Waals surface area contributed by atoms with Gasteiger partial charge in [0, 0.05) is 19.0 Å². The van der Waals surface area contributed by atoms with E-state index in [1.807, 2.05) is 38.1 Å². The number of aromatic nitrogens is 3. The van der Waals surface area contributed by atoms with E-state index in [1.165, 1.54) is 0 Å². The lowest BCUT2D eigenvalue weighted by Gasteiger charge is -2.33. The molecule has 0 bridgehead atoms. The zero-order valence-electron chi connectivity index (χ0n) is 13.7. The van der Waals surface area contributed by atoms with Gasteiger partial charge in [0.1, 0.15) is 17.8 Å². The minimum atomic E-state index is -0.650. The van der Waals surface area contributed by atoms with E-state index in [0.29, 0.717) is 18.0 Å². The van der Waals surface area contributed by atoms with Crippen molar-refractivity contribution in [2.45, 2.75) is 51.5 Å². The lowest BCUT2D eigenvalue weighted by molar-refractivity contribution is -0.134. The summed E-state index contributed by atoms with van der Waals surface area (Å²) in [4.78, 5) is 12.7. The second kappa shape index (κ2) is 5.81. The molecule has 7 nitrogen and oxygen atoms in total. The molecule has 2 aliphatic rings. The highest BCUT2D eigenvalue weighted by atomic mass is 16.6. The molecule has 1 N–H and O–H groups in total. The van der Waals surface area contributed by atoms with Gasteiger partial charge in [-0.05, 0) is 32.4 Å². The van der Waals surface area contributed by atoms with E-state index in [-0.39, 0.29) is 18.1 Å². The molecule has 2 aliphatic heterocycles. The van der Waals surface area contributed by atoms with Crippen LogP contribution < -0.4 is 14.8 Å². The third-order valence-electron chi connectivity index (χ3n) is 4.58. The molecule has 3 heterocycles. The molecule has 24 heavy (non-hydrogen) atoms. The quantitative estimate of drug-likeness (QED) is 0.897. The molecule has 0 aliphatic carbocycles. The molecule has 0 spiro atoms. The predicted octanol–water partition coefficient (Wildman–Crippen LogP) is 1.25. The van der Waals surface area contributed by atoms with Gasteiger partial charge < -0.3 is 19.4 Å². The monoisotopic (exact) mass is 328 g/mol. The molecular weight excluding hydrogens is 308 g/mol. The Kier molecular flexibility index (Phi) is 3.63. The molecule has 1 aromatic carbocycles. The van der Waals surface area contributed by atoms with Crippen molar-refractivity contribution in [1.82, 2.24) is 20.1 Å². The summed E-state index contributed by atoms with van der Waals surface area (Å²) in [5.74, 6) is 3.00. The van der Waals surface area contributed by atoms with Gasteiger partial charge in [-0.25, -0.2) is 0 Å². The average Bonchev–Trinajstić information content (AvgIpc) is 2.95. The Morgan fingerprint density at radius 1 is 1.25 bits per heavy atom. The number of benzene rings is 1. The Labute approximate surface area is 140 Å². The number of aryl methyl sites for hydroxylation is 2. The summed E-state index contributed by atoms with van der Waals surface area (Å²) in [5, 5.41) is 11.3. The van der Waals surface area contributed by atoms with E-state index in [0.717, 1.165) is 24.5 Å². The van der Waals surface area contributed by atoms with Crippen LogP contribution in [-0.4, -0.2) is 38.9 Å². The highest BCUT2D eigenvalue weighted by Gasteiger charge is 2.35. The first kappa shape index (κ1) is 15.0. The van der Waals surface area contributed by atoms with Crippen LogP contribution in [0.15, 0.2) is 24.3 Å². The first-order valence-corrected chi connectivity index (χ1v) is 8.23. The first-order chi connectivity index (χ1) is 11.6. The minimum Gasteiger partial charge on any atom is -0.482 e. The Bertz CT molecular complexity index is 773. The van der Waals surface area contributed by atoms with Crippen LogP contribution in [0, 0.1) is 6.92 Å². The fourth-order valence-corrected chi connectivity index (χ4v) is 3.27. The molecule has 7 heteroatoms. The lowest BCUT2D eigenvalue weighted by atomic mass is 10.1. The highest BCUT2D eigenvalue weighted by Crippen LogP contribution is 2.33. The van der Waals surface area contributed by atoms with Crippen LogP contribution in [-0.2, 0) is 17.8 Å². The average molecular weight is 328 g/mol. The number of fused-ring (bicyclic) bond motifs is 2. The molecule has 2 aromatic rings. The number of ether oxygens (including phenoxy) is 2. The summed E-state index contributed by atoms with van der Waals surface area (Å²) >= 11 is 0. The fourth-order valence-electron chi connectivity index (χ4n) is 3.27. The fraction of sp³-hybridized carbons (Fsp3) is 0.471. The van der Waals surface area contributed by atoms with E-state index >= 15 is 0 Å². The van der Waals surface area contributed by atoms with Gasteiger partial charge >= 0.3 is 0 Å². The van der Waals surface area contributed by atoms with Crippen molar-refractivity contribution >= 4 is 5.91 Å². The summed E-state index contributed by atoms with van der Waals surface area (Å²) in [6.45, 7) is 4.47. The number of hydrogen-bond donors (Lipinski definition) is 1. The standard InChI is InChI=1S/C17H20N4O3/c1-10-16(24-14-6-4-3-5-13(14)23-10)17(22)18-12-7-8-15-20-19-11(2)21(15)9-12/h3-6,10,12,16H,7-9H2,1-2H3,(H,18,22)/t10-,12-,16+/m1/s1. The number of para-hydroxylation sites is 2. The summed E-state index contributed by atoms with van der Waals surface area (Å²) in [6.07, 6.45) is 0.674. The topological polar surface area (TPSA) is 78.3 Å². The maximum Gasteiger partial charge on any atom is 0.265 e. The maximum atomic E-state index is 12.7. The van der Waals surface area contributed by atoms with E-state index in [1.54, 1.807) is 0 Å². The van der Waals surface area contributed by atoms with Crippen LogP contribution in [0.5, 0.6) is 11.5 Å². The number of nitrogens with zero attached hydrogens (tertiary/aromatic N) is 3. The van der Waals surface area contributed by atoms with Gasteiger partial charge in [0.25, 0.3) is 5.91 Å². The number of nitrogens with one attached hydrogen (secondary N) is 1.